The van der Waals surface area contributed by atoms with E-state index in [1.54, 1.807) is 17.5 Å². The zero-order valence-corrected chi connectivity index (χ0v) is 14.7. The summed E-state index contributed by atoms with van der Waals surface area (Å²) in [7, 11) is 0. The van der Waals surface area contributed by atoms with Crippen molar-refractivity contribution in [2.24, 2.45) is 5.10 Å². The second-order valence-corrected chi connectivity index (χ2v) is 6.63. The Morgan fingerprint density at radius 1 is 1.16 bits per heavy atom. The van der Waals surface area contributed by atoms with Crippen LogP contribution in [0.25, 0.3) is 11.3 Å². The normalized spacial score (nSPS) is 11.2. The van der Waals surface area contributed by atoms with E-state index in [-0.39, 0.29) is 16.3 Å². The zero-order valence-electron chi connectivity index (χ0n) is 12.4. The van der Waals surface area contributed by atoms with Gasteiger partial charge in [-0.1, -0.05) is 23.2 Å². The van der Waals surface area contributed by atoms with E-state index in [9.17, 15) is 14.6 Å². The summed E-state index contributed by atoms with van der Waals surface area (Å²) >= 11 is 12.9. The summed E-state index contributed by atoms with van der Waals surface area (Å²) in [5, 5.41) is 26.1. The van der Waals surface area contributed by atoms with Crippen LogP contribution < -0.4 is 5.43 Å². The fourth-order valence-electron chi connectivity index (χ4n) is 2.00. The van der Waals surface area contributed by atoms with Gasteiger partial charge in [0.15, 0.2) is 11.6 Å². The maximum Gasteiger partial charge on any atom is 0.203 e. The molecule has 3 N–H and O–H groups in total. The van der Waals surface area contributed by atoms with E-state index >= 15 is 0 Å². The number of hydrogen-bond donors (Lipinski definition) is 3. The summed E-state index contributed by atoms with van der Waals surface area (Å²) in [5.41, 5.74) is 3.67. The Morgan fingerprint density at radius 2 is 1.96 bits per heavy atom. The van der Waals surface area contributed by atoms with Crippen molar-refractivity contribution >= 4 is 45.9 Å². The van der Waals surface area contributed by atoms with Gasteiger partial charge in [-0.05, 0) is 30.3 Å². The summed E-state index contributed by atoms with van der Waals surface area (Å²) in [6.07, 6.45) is 1.39. The van der Waals surface area contributed by atoms with Crippen molar-refractivity contribution in [3.8, 4) is 22.8 Å². The Morgan fingerprint density at radius 3 is 2.76 bits per heavy atom. The van der Waals surface area contributed by atoms with Gasteiger partial charge in [0.1, 0.15) is 5.75 Å². The van der Waals surface area contributed by atoms with Crippen LogP contribution in [-0.4, -0.2) is 21.4 Å². The molecule has 0 saturated heterocycles. The van der Waals surface area contributed by atoms with Gasteiger partial charge in [-0.3, -0.25) is 5.43 Å². The first-order valence-corrected chi connectivity index (χ1v) is 8.49. The maximum atomic E-state index is 13.6. The number of anilines is 1. The molecule has 1 heterocycles. The van der Waals surface area contributed by atoms with Crippen LogP contribution in [0.5, 0.6) is 11.5 Å². The number of phenolic OH excluding ortho intramolecular Hbond substituents is 2. The molecular formula is C16H10Cl2FN3O2S. The molecule has 0 unspecified atom stereocenters. The zero-order chi connectivity index (χ0) is 18.0. The SMILES string of the molecule is Oc1ccc(Cl)cc1/C=N/Nc1nc(-c2cc(Cl)cc(F)c2O)cs1. The van der Waals surface area contributed by atoms with Crippen LogP contribution in [0.2, 0.25) is 10.0 Å². The Hall–Kier alpha value is -2.35. The van der Waals surface area contributed by atoms with Crippen LogP contribution in [-0.2, 0) is 0 Å². The molecule has 3 rings (SSSR count). The number of benzene rings is 2. The number of rotatable bonds is 4. The molecule has 2 aromatic carbocycles. The lowest BCUT2D eigenvalue weighted by Gasteiger charge is -2.03. The lowest BCUT2D eigenvalue weighted by atomic mass is 10.1. The number of nitrogens with zero attached hydrogens (tertiary/aromatic N) is 2. The molecule has 0 spiro atoms. The highest BCUT2D eigenvalue weighted by molar-refractivity contribution is 7.14. The molecule has 0 fully saturated rings. The molecule has 0 aliphatic carbocycles. The van der Waals surface area contributed by atoms with Crippen LogP contribution in [0, 0.1) is 5.82 Å². The first kappa shape index (κ1) is 17.5. The number of aromatic hydroxyl groups is 2. The number of hydrogen-bond acceptors (Lipinski definition) is 6. The van der Waals surface area contributed by atoms with E-state index in [0.717, 1.165) is 6.07 Å². The molecule has 0 aliphatic heterocycles. The number of nitrogens with one attached hydrogen (secondary N) is 1. The molecular weight excluding hydrogens is 388 g/mol. The highest BCUT2D eigenvalue weighted by Crippen LogP contribution is 2.35. The molecule has 1 aromatic heterocycles. The Kier molecular flexibility index (Phi) is 5.08. The molecule has 0 radical (unpaired) electrons. The average Bonchev–Trinajstić information content (AvgIpc) is 3.03. The van der Waals surface area contributed by atoms with Gasteiger partial charge in [0.05, 0.1) is 11.9 Å². The monoisotopic (exact) mass is 397 g/mol. The molecule has 3 aromatic rings. The van der Waals surface area contributed by atoms with Crippen molar-refractivity contribution < 1.29 is 14.6 Å². The highest BCUT2D eigenvalue weighted by Gasteiger charge is 2.14. The topological polar surface area (TPSA) is 77.7 Å². The van der Waals surface area contributed by atoms with E-state index in [1.165, 1.54) is 29.7 Å². The highest BCUT2D eigenvalue weighted by atomic mass is 35.5. The number of halogens is 3. The standard InChI is InChI=1S/C16H10Cl2FN3O2S/c17-9-1-2-14(23)8(3-9)6-20-22-16-21-13(7-25-16)11-4-10(18)5-12(19)15(11)24/h1-7,23-24H,(H,21,22)/b20-6+. The second kappa shape index (κ2) is 7.26. The average molecular weight is 398 g/mol. The van der Waals surface area contributed by atoms with Gasteiger partial charge in [0.25, 0.3) is 0 Å². The minimum absolute atomic E-state index is 0.0362. The number of thiazole rings is 1. The lowest BCUT2D eigenvalue weighted by Crippen LogP contribution is -1.91. The maximum absolute atomic E-state index is 13.6. The first-order valence-electron chi connectivity index (χ1n) is 6.85. The van der Waals surface area contributed by atoms with Crippen LogP contribution in [0.1, 0.15) is 5.56 Å². The molecule has 9 heteroatoms. The molecule has 0 amide bonds. The van der Waals surface area contributed by atoms with Gasteiger partial charge >= 0.3 is 0 Å². The lowest BCUT2D eigenvalue weighted by molar-refractivity contribution is 0.434. The van der Waals surface area contributed by atoms with Crippen LogP contribution in [0.3, 0.4) is 0 Å². The third-order valence-corrected chi connectivity index (χ3v) is 4.36. The van der Waals surface area contributed by atoms with Crippen LogP contribution in [0.4, 0.5) is 9.52 Å². The van der Waals surface area contributed by atoms with E-state index in [4.69, 9.17) is 23.2 Å². The van der Waals surface area contributed by atoms with Crippen LogP contribution in [0.15, 0.2) is 40.8 Å². The third kappa shape index (κ3) is 4.01. The molecule has 25 heavy (non-hydrogen) atoms. The second-order valence-electron chi connectivity index (χ2n) is 4.89. The molecule has 0 atom stereocenters. The van der Waals surface area contributed by atoms with E-state index in [1.807, 2.05) is 0 Å². The Bertz CT molecular complexity index is 963. The van der Waals surface area contributed by atoms with Crippen molar-refractivity contribution in [3.05, 3.63) is 57.1 Å². The van der Waals surface area contributed by atoms with E-state index in [2.05, 4.69) is 15.5 Å². The predicted octanol–water partition coefficient (Wildman–Crippen LogP) is 5.11. The van der Waals surface area contributed by atoms with Gasteiger partial charge in [-0.15, -0.1) is 11.3 Å². The largest absolute Gasteiger partial charge is 0.507 e. The molecule has 5 nitrogen and oxygen atoms in total. The summed E-state index contributed by atoms with van der Waals surface area (Å²) in [4.78, 5) is 4.21. The number of hydrazone groups is 1. The van der Waals surface area contributed by atoms with Crippen molar-refractivity contribution in [1.29, 1.82) is 0 Å². The smallest absolute Gasteiger partial charge is 0.203 e. The summed E-state index contributed by atoms with van der Waals surface area (Å²) in [5.74, 6) is -1.30. The Labute approximate surface area is 156 Å². The van der Waals surface area contributed by atoms with Crippen molar-refractivity contribution in [3.63, 3.8) is 0 Å². The van der Waals surface area contributed by atoms with Gasteiger partial charge < -0.3 is 10.2 Å². The molecule has 128 valence electrons. The fourth-order valence-corrected chi connectivity index (χ4v) is 3.04. The van der Waals surface area contributed by atoms with Gasteiger partial charge in [0, 0.05) is 26.6 Å². The molecule has 0 bridgehead atoms. The predicted molar refractivity (Wildman–Crippen MR) is 98.5 cm³/mol. The van der Waals surface area contributed by atoms with Crippen LogP contribution >= 0.6 is 34.5 Å². The van der Waals surface area contributed by atoms with Gasteiger partial charge in [-0.2, -0.15) is 5.10 Å². The summed E-state index contributed by atoms with van der Waals surface area (Å²) in [6, 6.07) is 7.02. The minimum atomic E-state index is -0.820. The molecule has 0 aliphatic rings. The van der Waals surface area contributed by atoms with Gasteiger partial charge in [-0.25, -0.2) is 9.37 Å². The quantitative estimate of drug-likeness (QED) is 0.422. The number of aromatic nitrogens is 1. The van der Waals surface area contributed by atoms with Crippen molar-refractivity contribution in [2.75, 3.05) is 5.43 Å². The van der Waals surface area contributed by atoms with E-state index in [0.29, 0.717) is 21.4 Å². The minimum Gasteiger partial charge on any atom is -0.507 e. The summed E-state index contributed by atoms with van der Waals surface area (Å²) < 4.78 is 13.6. The van der Waals surface area contributed by atoms with Crippen molar-refractivity contribution in [2.45, 2.75) is 0 Å². The summed E-state index contributed by atoms with van der Waals surface area (Å²) in [6.45, 7) is 0. The van der Waals surface area contributed by atoms with Gasteiger partial charge in [0.2, 0.25) is 5.13 Å². The van der Waals surface area contributed by atoms with E-state index < -0.39 is 11.6 Å². The van der Waals surface area contributed by atoms with Crippen molar-refractivity contribution in [1.82, 2.24) is 4.98 Å². The molecule has 0 saturated carbocycles. The third-order valence-electron chi connectivity index (χ3n) is 3.16. The first-order chi connectivity index (χ1) is 11.9. The Balaban J connectivity index is 1.79. The fraction of sp³-hybridized carbons (Fsp3) is 0. The number of phenols is 2.